The van der Waals surface area contributed by atoms with Gasteiger partial charge < -0.3 is 25.0 Å². The lowest BCUT2D eigenvalue weighted by Gasteiger charge is -2.45. The number of carboxylic acid groups (broad SMARTS) is 1. The Morgan fingerprint density at radius 2 is 1.81 bits per heavy atom. The van der Waals surface area contributed by atoms with Gasteiger partial charge in [-0.2, -0.15) is 4.90 Å². The van der Waals surface area contributed by atoms with Crippen molar-refractivity contribution in [2.45, 2.75) is 82.1 Å². The number of carbonyl (C=O) groups excluding carboxylic acids is 2. The summed E-state index contributed by atoms with van der Waals surface area (Å²) in [5.41, 5.74) is -2.18. The third-order valence-electron chi connectivity index (χ3n) is 7.21. The van der Waals surface area contributed by atoms with E-state index in [9.17, 15) is 33.0 Å². The SMILES string of the molecule is C[C@H]1C[C@@H]2[C@](C)(N=C(N(C(=O)O)C(=O)OC(C)(C)C)C(C)(C)S2(=O)=O)c2cc(NC(=O)c3ccc(O)cn3)ccc2O1. The number of benzene rings is 1. The molecule has 2 aliphatic heterocycles. The number of carbonyl (C=O) groups is 3. The van der Waals surface area contributed by atoms with E-state index in [1.54, 1.807) is 39.8 Å². The molecule has 2 aromatic rings. The van der Waals surface area contributed by atoms with E-state index in [-0.39, 0.29) is 39.8 Å². The molecule has 1 aromatic carbocycles. The average molecular weight is 603 g/mol. The number of pyridine rings is 1. The van der Waals surface area contributed by atoms with Crippen molar-refractivity contribution in [2.75, 3.05) is 5.32 Å². The normalized spacial score (nSPS) is 24.0. The number of aromatic hydroxyl groups is 1. The van der Waals surface area contributed by atoms with Crippen LogP contribution < -0.4 is 10.1 Å². The van der Waals surface area contributed by atoms with Crippen LogP contribution in [0.25, 0.3) is 0 Å². The van der Waals surface area contributed by atoms with Crippen LogP contribution in [0.5, 0.6) is 11.5 Å². The molecule has 0 unspecified atom stereocenters. The van der Waals surface area contributed by atoms with Crippen LogP contribution in [0.1, 0.15) is 70.9 Å². The van der Waals surface area contributed by atoms with E-state index in [1.807, 2.05) is 0 Å². The van der Waals surface area contributed by atoms with Crippen LogP contribution in [0.2, 0.25) is 0 Å². The van der Waals surface area contributed by atoms with Crippen LogP contribution in [0, 0.1) is 0 Å². The van der Waals surface area contributed by atoms with Crippen molar-refractivity contribution in [1.29, 1.82) is 0 Å². The summed E-state index contributed by atoms with van der Waals surface area (Å²) < 4.78 is 38.1. The molecular weight excluding hydrogens is 568 g/mol. The van der Waals surface area contributed by atoms with Crippen LogP contribution in [0.4, 0.5) is 15.3 Å². The molecule has 3 amide bonds. The highest BCUT2D eigenvalue weighted by molar-refractivity contribution is 7.94. The van der Waals surface area contributed by atoms with Gasteiger partial charge in [-0.25, -0.2) is 23.0 Å². The summed E-state index contributed by atoms with van der Waals surface area (Å²) in [6.07, 6.45) is -2.47. The van der Waals surface area contributed by atoms with E-state index in [0.29, 0.717) is 0 Å². The fraction of sp³-hybridized carbons (Fsp3) is 0.464. The molecule has 3 heterocycles. The van der Waals surface area contributed by atoms with Crippen molar-refractivity contribution in [3.05, 3.63) is 47.8 Å². The molecule has 0 radical (unpaired) electrons. The van der Waals surface area contributed by atoms with Crippen molar-refractivity contribution in [3.8, 4) is 11.5 Å². The second-order valence-electron chi connectivity index (χ2n) is 12.0. The average Bonchev–Trinajstić information content (AvgIpc) is 2.96. The maximum atomic E-state index is 14.3. The number of nitrogens with zero attached hydrogens (tertiary/aromatic N) is 3. The van der Waals surface area contributed by atoms with Crippen LogP contribution >= 0.6 is 0 Å². The largest absolute Gasteiger partial charge is 0.506 e. The number of hydrogen-bond donors (Lipinski definition) is 3. The van der Waals surface area contributed by atoms with Crippen molar-refractivity contribution in [3.63, 3.8) is 0 Å². The van der Waals surface area contributed by atoms with E-state index in [4.69, 9.17) is 14.5 Å². The molecule has 0 saturated heterocycles. The molecule has 0 aliphatic carbocycles. The van der Waals surface area contributed by atoms with Gasteiger partial charge in [0.15, 0.2) is 9.84 Å². The maximum absolute atomic E-state index is 14.3. The highest BCUT2D eigenvalue weighted by atomic mass is 32.2. The number of aliphatic imine (C=N–C) groups is 1. The molecule has 0 spiro atoms. The minimum Gasteiger partial charge on any atom is -0.506 e. The topological polar surface area (TPSA) is 185 Å². The first kappa shape index (κ1) is 30.8. The summed E-state index contributed by atoms with van der Waals surface area (Å²) in [6.45, 7) is 10.5. The molecular formula is C28H34N4O9S. The second kappa shape index (κ2) is 10.3. The Labute approximate surface area is 243 Å². The lowest BCUT2D eigenvalue weighted by molar-refractivity contribution is 0.0372. The minimum atomic E-state index is -4.25. The van der Waals surface area contributed by atoms with Gasteiger partial charge in [0.2, 0.25) is 0 Å². The Kier molecular flexibility index (Phi) is 7.51. The van der Waals surface area contributed by atoms with Crippen molar-refractivity contribution in [1.82, 2.24) is 9.88 Å². The predicted molar refractivity (Wildman–Crippen MR) is 153 cm³/mol. The van der Waals surface area contributed by atoms with Crippen LogP contribution in [0.3, 0.4) is 0 Å². The van der Waals surface area contributed by atoms with Gasteiger partial charge in [-0.05, 0) is 78.8 Å². The van der Waals surface area contributed by atoms with Gasteiger partial charge in [-0.15, -0.1) is 0 Å². The maximum Gasteiger partial charge on any atom is 0.425 e. The Morgan fingerprint density at radius 3 is 2.38 bits per heavy atom. The van der Waals surface area contributed by atoms with E-state index in [0.717, 1.165) is 6.20 Å². The summed E-state index contributed by atoms with van der Waals surface area (Å²) in [7, 11) is -4.25. The number of amidine groups is 1. The number of amides is 3. The number of sulfone groups is 1. The van der Waals surface area contributed by atoms with Gasteiger partial charge >= 0.3 is 12.2 Å². The van der Waals surface area contributed by atoms with Gasteiger partial charge in [0.05, 0.1) is 17.6 Å². The van der Waals surface area contributed by atoms with Crippen LogP contribution in [-0.2, 0) is 20.1 Å². The van der Waals surface area contributed by atoms with E-state index >= 15 is 0 Å². The van der Waals surface area contributed by atoms with Crippen molar-refractivity contribution >= 4 is 39.5 Å². The second-order valence-corrected chi connectivity index (χ2v) is 14.6. The molecule has 14 heteroatoms. The van der Waals surface area contributed by atoms with Gasteiger partial charge in [0.25, 0.3) is 5.91 Å². The molecule has 2 aliphatic rings. The zero-order valence-corrected chi connectivity index (χ0v) is 25.1. The first-order valence-corrected chi connectivity index (χ1v) is 14.7. The van der Waals surface area contributed by atoms with Gasteiger partial charge in [0, 0.05) is 17.7 Å². The fourth-order valence-corrected chi connectivity index (χ4v) is 7.48. The standard InChI is InChI=1S/C28H34N4O9S/c1-15-12-21-28(7,18-13-16(8-11-20(18)40-15)30-22(34)19-10-9-17(33)14-29-19)31-23(27(5,6)42(21,38)39)32(24(35)36)25(37)41-26(2,3)4/h8-11,13-15,21,33H,12H2,1-7H3,(H,30,34)(H,35,36)/t15-,21+,28+/m0/s1. The molecule has 1 aromatic heterocycles. The van der Waals surface area contributed by atoms with Gasteiger partial charge in [-0.3, -0.25) is 9.79 Å². The molecule has 4 rings (SSSR count). The monoisotopic (exact) mass is 602 g/mol. The van der Waals surface area contributed by atoms with E-state index in [1.165, 1.54) is 39.0 Å². The van der Waals surface area contributed by atoms with Crippen LogP contribution in [0.15, 0.2) is 41.5 Å². The third-order valence-corrected chi connectivity index (χ3v) is 10.2. The first-order chi connectivity index (χ1) is 19.3. The molecule has 226 valence electrons. The van der Waals surface area contributed by atoms with Crippen molar-refractivity contribution < 1.29 is 42.5 Å². The van der Waals surface area contributed by atoms with E-state index in [2.05, 4.69) is 10.3 Å². The fourth-order valence-electron chi connectivity index (χ4n) is 5.07. The first-order valence-electron chi connectivity index (χ1n) is 13.2. The molecule has 13 nitrogen and oxygen atoms in total. The molecule has 0 bridgehead atoms. The lowest BCUT2D eigenvalue weighted by Crippen LogP contribution is -2.63. The zero-order chi connectivity index (χ0) is 31.4. The molecule has 0 fully saturated rings. The number of aromatic nitrogens is 1. The third kappa shape index (κ3) is 5.38. The number of ether oxygens (including phenoxy) is 2. The Hall–Kier alpha value is -4.20. The minimum absolute atomic E-state index is 0.0202. The zero-order valence-electron chi connectivity index (χ0n) is 24.3. The van der Waals surface area contributed by atoms with Crippen molar-refractivity contribution in [2.24, 2.45) is 4.99 Å². The summed E-state index contributed by atoms with van der Waals surface area (Å²) >= 11 is 0. The number of imide groups is 1. The molecule has 0 saturated carbocycles. The number of fused-ring (bicyclic) bond motifs is 3. The number of hydrogen-bond acceptors (Lipinski definition) is 10. The highest BCUT2D eigenvalue weighted by Gasteiger charge is 2.61. The molecule has 42 heavy (non-hydrogen) atoms. The number of anilines is 1. The van der Waals surface area contributed by atoms with Crippen LogP contribution in [-0.4, -0.2) is 74.1 Å². The number of nitrogens with one attached hydrogen (secondary N) is 1. The van der Waals surface area contributed by atoms with E-state index < -0.39 is 61.0 Å². The summed E-state index contributed by atoms with van der Waals surface area (Å²) in [6, 6.07) is 7.27. The Bertz CT molecular complexity index is 1580. The summed E-state index contributed by atoms with van der Waals surface area (Å²) in [4.78, 5) is 47.3. The summed E-state index contributed by atoms with van der Waals surface area (Å²) in [5, 5.41) is 21.1. The highest BCUT2D eigenvalue weighted by Crippen LogP contribution is 2.50. The Balaban J connectivity index is 1.91. The lowest BCUT2D eigenvalue weighted by atomic mass is 9.85. The smallest absolute Gasteiger partial charge is 0.425 e. The molecule has 3 atom stereocenters. The number of rotatable bonds is 2. The van der Waals surface area contributed by atoms with Gasteiger partial charge in [-0.1, -0.05) is 0 Å². The summed E-state index contributed by atoms with van der Waals surface area (Å²) in [5.74, 6) is -0.946. The predicted octanol–water partition coefficient (Wildman–Crippen LogP) is 4.31. The Morgan fingerprint density at radius 1 is 1.14 bits per heavy atom. The molecule has 3 N–H and O–H groups in total. The van der Waals surface area contributed by atoms with Gasteiger partial charge in [0.1, 0.15) is 38.9 Å². The quantitative estimate of drug-likeness (QED) is 0.447.